The van der Waals surface area contributed by atoms with Gasteiger partial charge in [-0.3, -0.25) is 4.79 Å². The van der Waals surface area contributed by atoms with Crippen molar-refractivity contribution in [3.05, 3.63) is 0 Å². The molecule has 0 aromatic heterocycles. The van der Waals surface area contributed by atoms with Crippen molar-refractivity contribution in [1.29, 1.82) is 0 Å². The van der Waals surface area contributed by atoms with E-state index in [0.717, 1.165) is 12.8 Å². The van der Waals surface area contributed by atoms with E-state index >= 15 is 0 Å². The summed E-state index contributed by atoms with van der Waals surface area (Å²) < 4.78 is 0. The van der Waals surface area contributed by atoms with Crippen LogP contribution in [-0.4, -0.2) is 5.24 Å². The Morgan fingerprint density at radius 3 is 1.44 bits per heavy atom. The smallest absolute Gasteiger partial charge is 0.221 e. The molecule has 0 aromatic carbocycles. The summed E-state index contributed by atoms with van der Waals surface area (Å²) in [6.07, 6.45) is 12.1. The van der Waals surface area contributed by atoms with E-state index < -0.39 is 0 Å². The van der Waals surface area contributed by atoms with E-state index in [9.17, 15) is 4.79 Å². The molecule has 98 valence electrons. The van der Waals surface area contributed by atoms with Gasteiger partial charge in [-0.15, -0.1) is 0 Å². The van der Waals surface area contributed by atoms with Gasteiger partial charge in [-0.1, -0.05) is 72.1 Å². The molecule has 0 fully saturated rings. The van der Waals surface area contributed by atoms with Crippen LogP contribution < -0.4 is 0 Å². The van der Waals surface area contributed by atoms with E-state index in [1.54, 1.807) is 0 Å². The fourth-order valence-corrected chi connectivity index (χ4v) is 1.50. The number of unbranched alkanes of at least 4 members (excludes halogenated alkanes) is 7. The Balaban J connectivity index is 0. The molecule has 0 aliphatic carbocycles. The van der Waals surface area contributed by atoms with Gasteiger partial charge in [0.05, 0.1) is 0 Å². The van der Waals surface area contributed by atoms with Gasteiger partial charge in [-0.2, -0.15) is 0 Å². The molecule has 16 heavy (non-hydrogen) atoms. The summed E-state index contributed by atoms with van der Waals surface area (Å²) in [6, 6.07) is 0. The molecule has 0 aromatic rings. The second kappa shape index (κ2) is 17.4. The van der Waals surface area contributed by atoms with Crippen LogP contribution in [0.2, 0.25) is 0 Å². The van der Waals surface area contributed by atoms with E-state index in [4.69, 9.17) is 11.6 Å². The van der Waals surface area contributed by atoms with E-state index in [-0.39, 0.29) is 5.24 Å². The van der Waals surface area contributed by atoms with Gasteiger partial charge in [0.1, 0.15) is 0 Å². The maximum Gasteiger partial charge on any atom is 0.221 e. The predicted molar refractivity (Wildman–Crippen MR) is 74.1 cm³/mol. The molecule has 0 saturated carbocycles. The Morgan fingerprint density at radius 1 is 0.750 bits per heavy atom. The fourth-order valence-electron chi connectivity index (χ4n) is 1.37. The molecule has 0 rings (SSSR count). The van der Waals surface area contributed by atoms with Gasteiger partial charge in [0.2, 0.25) is 5.24 Å². The zero-order valence-corrected chi connectivity index (χ0v) is 12.1. The number of hydrogen-bond acceptors (Lipinski definition) is 1. The van der Waals surface area contributed by atoms with E-state index in [1.165, 1.54) is 44.9 Å². The Bertz CT molecular complexity index is 131. The van der Waals surface area contributed by atoms with Crippen LogP contribution >= 0.6 is 11.6 Å². The summed E-state index contributed by atoms with van der Waals surface area (Å²) >= 11 is 5.12. The standard InChI is InChI=1S/C7H13ClO.C7H16/c1-2-3-4-5-6-7(8)9;1-3-5-7-6-4-2/h2-6H2,1H3;3-7H2,1-2H3. The molecule has 0 bridgehead atoms. The van der Waals surface area contributed by atoms with E-state index in [0.29, 0.717) is 6.42 Å². The quantitative estimate of drug-likeness (QED) is 0.378. The summed E-state index contributed by atoms with van der Waals surface area (Å²) in [6.45, 7) is 6.63. The van der Waals surface area contributed by atoms with Crippen LogP contribution in [0.4, 0.5) is 0 Å². The second-order valence-electron chi connectivity index (χ2n) is 4.23. The summed E-state index contributed by atoms with van der Waals surface area (Å²) in [4.78, 5) is 10.2. The van der Waals surface area contributed by atoms with Crippen LogP contribution in [-0.2, 0) is 4.79 Å². The molecule has 0 amide bonds. The minimum absolute atomic E-state index is 0.203. The van der Waals surface area contributed by atoms with Crippen LogP contribution in [0.3, 0.4) is 0 Å². The number of rotatable bonds is 9. The first-order valence-electron chi connectivity index (χ1n) is 6.87. The lowest BCUT2D eigenvalue weighted by atomic mass is 10.2. The summed E-state index contributed by atoms with van der Waals surface area (Å²) in [7, 11) is 0. The van der Waals surface area contributed by atoms with Crippen molar-refractivity contribution in [2.24, 2.45) is 0 Å². The first-order chi connectivity index (χ1) is 7.68. The monoisotopic (exact) mass is 248 g/mol. The summed E-state index contributed by atoms with van der Waals surface area (Å²) in [5.41, 5.74) is 0. The molecule has 2 heteroatoms. The highest BCUT2D eigenvalue weighted by atomic mass is 35.5. The van der Waals surface area contributed by atoms with Crippen LogP contribution in [0, 0.1) is 0 Å². The summed E-state index contributed by atoms with van der Waals surface area (Å²) in [5.74, 6) is 0. The lowest BCUT2D eigenvalue weighted by molar-refractivity contribution is -0.111. The highest BCUT2D eigenvalue weighted by Gasteiger charge is 1.93. The first-order valence-corrected chi connectivity index (χ1v) is 7.25. The van der Waals surface area contributed by atoms with Gasteiger partial charge >= 0.3 is 0 Å². The normalized spacial score (nSPS) is 9.50. The maximum absolute atomic E-state index is 10.2. The molecule has 0 atom stereocenters. The van der Waals surface area contributed by atoms with Crippen LogP contribution in [0.5, 0.6) is 0 Å². The Hall–Kier alpha value is -0.0400. The molecule has 0 saturated heterocycles. The fraction of sp³-hybridized carbons (Fsp3) is 0.929. The van der Waals surface area contributed by atoms with Crippen molar-refractivity contribution in [1.82, 2.24) is 0 Å². The molecule has 0 unspecified atom stereocenters. The van der Waals surface area contributed by atoms with E-state index in [1.807, 2.05) is 0 Å². The molecule has 0 heterocycles. The molecule has 0 radical (unpaired) electrons. The number of carbonyl (C=O) groups excluding carboxylic acids is 1. The van der Waals surface area contributed by atoms with Gasteiger partial charge < -0.3 is 0 Å². The topological polar surface area (TPSA) is 17.1 Å². The number of hydrogen-bond donors (Lipinski definition) is 0. The molecule has 0 spiro atoms. The molecule has 0 N–H and O–H groups in total. The van der Waals surface area contributed by atoms with Crippen LogP contribution in [0.25, 0.3) is 0 Å². The number of carbonyl (C=O) groups is 1. The molecule has 1 nitrogen and oxygen atoms in total. The Kier molecular flexibility index (Phi) is 19.9. The third-order valence-electron chi connectivity index (χ3n) is 2.43. The average molecular weight is 249 g/mol. The van der Waals surface area contributed by atoms with Crippen molar-refractivity contribution >= 4 is 16.8 Å². The highest BCUT2D eigenvalue weighted by Crippen LogP contribution is 2.03. The minimum Gasteiger partial charge on any atom is -0.281 e. The van der Waals surface area contributed by atoms with Crippen molar-refractivity contribution in [2.45, 2.75) is 85.0 Å². The Labute approximate surface area is 107 Å². The predicted octanol–water partition coefficient (Wildman–Crippen LogP) is 5.70. The average Bonchev–Trinajstić information content (AvgIpc) is 2.26. The second-order valence-corrected chi connectivity index (χ2v) is 4.65. The zero-order valence-electron chi connectivity index (χ0n) is 11.4. The van der Waals surface area contributed by atoms with Crippen molar-refractivity contribution in [3.63, 3.8) is 0 Å². The molecular weight excluding hydrogens is 220 g/mol. The lowest BCUT2D eigenvalue weighted by Gasteiger charge is -1.92. The highest BCUT2D eigenvalue weighted by molar-refractivity contribution is 6.63. The lowest BCUT2D eigenvalue weighted by Crippen LogP contribution is -1.84. The van der Waals surface area contributed by atoms with Crippen molar-refractivity contribution in [3.8, 4) is 0 Å². The van der Waals surface area contributed by atoms with Crippen LogP contribution in [0.1, 0.15) is 85.0 Å². The van der Waals surface area contributed by atoms with Gasteiger partial charge in [0.25, 0.3) is 0 Å². The van der Waals surface area contributed by atoms with Crippen molar-refractivity contribution in [2.75, 3.05) is 0 Å². The van der Waals surface area contributed by atoms with Crippen LogP contribution in [0.15, 0.2) is 0 Å². The largest absolute Gasteiger partial charge is 0.281 e. The number of halogens is 1. The molecule has 0 aliphatic rings. The minimum atomic E-state index is -0.203. The SMILES string of the molecule is CCCCCCC.CCCCCCC(=O)Cl. The third kappa shape index (κ3) is 23.6. The first kappa shape index (κ1) is 18.3. The van der Waals surface area contributed by atoms with Gasteiger partial charge in [-0.25, -0.2) is 0 Å². The van der Waals surface area contributed by atoms with Gasteiger partial charge in [0, 0.05) is 6.42 Å². The molecule has 0 aliphatic heterocycles. The maximum atomic E-state index is 10.2. The van der Waals surface area contributed by atoms with Gasteiger partial charge in [0.15, 0.2) is 0 Å². The van der Waals surface area contributed by atoms with E-state index in [2.05, 4.69) is 20.8 Å². The molecular formula is C14H29ClO. The van der Waals surface area contributed by atoms with Crippen molar-refractivity contribution < 1.29 is 4.79 Å². The third-order valence-corrected chi connectivity index (χ3v) is 2.62. The van der Waals surface area contributed by atoms with Gasteiger partial charge in [-0.05, 0) is 18.0 Å². The summed E-state index contributed by atoms with van der Waals surface area (Å²) in [5, 5.41) is -0.203. The zero-order chi connectivity index (χ0) is 12.6. The Morgan fingerprint density at radius 2 is 1.12 bits per heavy atom.